The molecule has 4 aromatic rings. The van der Waals surface area contributed by atoms with E-state index in [1.165, 1.54) is 6.07 Å². The summed E-state index contributed by atoms with van der Waals surface area (Å²) < 4.78 is 12.4. The number of amides is 1. The summed E-state index contributed by atoms with van der Waals surface area (Å²) in [5, 5.41) is 8.04. The minimum absolute atomic E-state index is 0.194. The first-order valence-corrected chi connectivity index (χ1v) is 9.08. The van der Waals surface area contributed by atoms with E-state index in [1.807, 2.05) is 38.1 Å². The van der Waals surface area contributed by atoms with Crippen LogP contribution in [-0.4, -0.2) is 22.3 Å². The van der Waals surface area contributed by atoms with Crippen molar-refractivity contribution in [1.82, 2.24) is 9.78 Å². The summed E-state index contributed by atoms with van der Waals surface area (Å²) in [7, 11) is 0. The van der Waals surface area contributed by atoms with Gasteiger partial charge in [-0.05, 0) is 44.2 Å². The van der Waals surface area contributed by atoms with Crippen molar-refractivity contribution in [2.45, 2.75) is 13.8 Å². The van der Waals surface area contributed by atoms with Gasteiger partial charge in [0.15, 0.2) is 6.61 Å². The Hall–Kier alpha value is -3.87. The van der Waals surface area contributed by atoms with E-state index in [0.717, 1.165) is 22.3 Å². The molecular formula is C22H19N3O4. The van der Waals surface area contributed by atoms with Crippen LogP contribution in [0.3, 0.4) is 0 Å². The van der Waals surface area contributed by atoms with Crippen LogP contribution in [0.15, 0.2) is 69.9 Å². The standard InChI is InChI=1S/C22H19N3O4/c1-14-3-7-17(8-4-14)25-20(11-15(2)24-25)23-21(26)13-28-18-9-5-16-6-10-22(27)29-19(16)12-18/h3-12H,13H2,1-2H3,(H,23,26). The number of hydrogen-bond acceptors (Lipinski definition) is 5. The first-order valence-electron chi connectivity index (χ1n) is 9.08. The lowest BCUT2D eigenvalue weighted by molar-refractivity contribution is -0.118. The second-order valence-electron chi connectivity index (χ2n) is 6.71. The molecule has 2 heterocycles. The fraction of sp³-hybridized carbons (Fsp3) is 0.136. The fourth-order valence-corrected chi connectivity index (χ4v) is 2.93. The Bertz CT molecular complexity index is 1240. The van der Waals surface area contributed by atoms with Crippen molar-refractivity contribution in [3.05, 3.63) is 82.3 Å². The van der Waals surface area contributed by atoms with Gasteiger partial charge in [-0.15, -0.1) is 0 Å². The van der Waals surface area contributed by atoms with Crippen LogP contribution in [0.2, 0.25) is 0 Å². The van der Waals surface area contributed by atoms with E-state index < -0.39 is 5.63 Å². The van der Waals surface area contributed by atoms with E-state index in [2.05, 4.69) is 10.4 Å². The van der Waals surface area contributed by atoms with Crippen LogP contribution >= 0.6 is 0 Å². The molecule has 0 aliphatic rings. The smallest absolute Gasteiger partial charge is 0.336 e. The van der Waals surface area contributed by atoms with Crippen LogP contribution in [0.1, 0.15) is 11.3 Å². The second-order valence-corrected chi connectivity index (χ2v) is 6.71. The number of carbonyl (C=O) groups is 1. The molecule has 0 saturated heterocycles. The van der Waals surface area contributed by atoms with Crippen molar-refractivity contribution < 1.29 is 13.9 Å². The van der Waals surface area contributed by atoms with Gasteiger partial charge in [-0.3, -0.25) is 4.79 Å². The van der Waals surface area contributed by atoms with E-state index in [0.29, 0.717) is 17.2 Å². The van der Waals surface area contributed by atoms with Crippen molar-refractivity contribution >= 4 is 22.7 Å². The number of benzene rings is 2. The molecule has 4 rings (SSSR count). The molecule has 1 amide bonds. The molecule has 29 heavy (non-hydrogen) atoms. The maximum atomic E-state index is 12.4. The molecule has 2 aromatic heterocycles. The van der Waals surface area contributed by atoms with Gasteiger partial charge < -0.3 is 14.5 Å². The highest BCUT2D eigenvalue weighted by Gasteiger charge is 2.12. The number of ether oxygens (including phenoxy) is 1. The van der Waals surface area contributed by atoms with Crippen LogP contribution in [0.25, 0.3) is 16.7 Å². The number of fused-ring (bicyclic) bond motifs is 1. The maximum Gasteiger partial charge on any atom is 0.336 e. The van der Waals surface area contributed by atoms with Crippen molar-refractivity contribution in [3.8, 4) is 11.4 Å². The molecule has 0 saturated carbocycles. The highest BCUT2D eigenvalue weighted by atomic mass is 16.5. The van der Waals surface area contributed by atoms with Gasteiger partial charge in [-0.25, -0.2) is 9.48 Å². The number of aromatic nitrogens is 2. The number of nitrogens with zero attached hydrogens (tertiary/aromatic N) is 2. The van der Waals surface area contributed by atoms with Gasteiger partial charge in [0, 0.05) is 23.6 Å². The summed E-state index contributed by atoms with van der Waals surface area (Å²) in [6, 6.07) is 17.7. The van der Waals surface area contributed by atoms with E-state index in [-0.39, 0.29) is 12.5 Å². The number of hydrogen-bond donors (Lipinski definition) is 1. The molecule has 1 N–H and O–H groups in total. The Kier molecular flexibility index (Phi) is 4.87. The lowest BCUT2D eigenvalue weighted by Gasteiger charge is -2.10. The van der Waals surface area contributed by atoms with Gasteiger partial charge in [0.1, 0.15) is 17.2 Å². The minimum atomic E-state index is -0.438. The zero-order valence-corrected chi connectivity index (χ0v) is 16.0. The summed E-state index contributed by atoms with van der Waals surface area (Å²) in [5.74, 6) is 0.669. The third-order valence-electron chi connectivity index (χ3n) is 4.34. The highest BCUT2D eigenvalue weighted by molar-refractivity contribution is 5.91. The predicted octanol–water partition coefficient (Wildman–Crippen LogP) is 3.61. The van der Waals surface area contributed by atoms with Crippen LogP contribution in [0, 0.1) is 13.8 Å². The van der Waals surface area contributed by atoms with Crippen molar-refractivity contribution in [2.75, 3.05) is 11.9 Å². The maximum absolute atomic E-state index is 12.4. The van der Waals surface area contributed by atoms with Gasteiger partial charge in [0.2, 0.25) is 0 Å². The van der Waals surface area contributed by atoms with Gasteiger partial charge in [-0.1, -0.05) is 17.7 Å². The molecule has 0 aliphatic heterocycles. The minimum Gasteiger partial charge on any atom is -0.484 e. The topological polar surface area (TPSA) is 86.4 Å². The molecular weight excluding hydrogens is 370 g/mol. The average molecular weight is 389 g/mol. The van der Waals surface area contributed by atoms with E-state index >= 15 is 0 Å². The zero-order chi connectivity index (χ0) is 20.4. The molecule has 146 valence electrons. The molecule has 0 unspecified atom stereocenters. The van der Waals surface area contributed by atoms with Gasteiger partial charge >= 0.3 is 5.63 Å². The molecule has 0 atom stereocenters. The van der Waals surface area contributed by atoms with Gasteiger partial charge in [0.05, 0.1) is 11.4 Å². The van der Waals surface area contributed by atoms with Crippen molar-refractivity contribution in [3.63, 3.8) is 0 Å². The zero-order valence-electron chi connectivity index (χ0n) is 16.0. The normalized spacial score (nSPS) is 10.8. The lowest BCUT2D eigenvalue weighted by Crippen LogP contribution is -2.21. The summed E-state index contributed by atoms with van der Waals surface area (Å²) in [5.41, 5.74) is 2.74. The third-order valence-corrected chi connectivity index (χ3v) is 4.34. The molecule has 0 bridgehead atoms. The number of nitrogens with one attached hydrogen (secondary N) is 1. The number of rotatable bonds is 5. The third kappa shape index (κ3) is 4.19. The largest absolute Gasteiger partial charge is 0.484 e. The van der Waals surface area contributed by atoms with Crippen LogP contribution < -0.4 is 15.7 Å². The summed E-state index contributed by atoms with van der Waals surface area (Å²) in [6.45, 7) is 3.68. The van der Waals surface area contributed by atoms with E-state index in [1.54, 1.807) is 35.0 Å². The second kappa shape index (κ2) is 7.63. The molecule has 7 heteroatoms. The quantitative estimate of drug-likeness (QED) is 0.527. The molecule has 0 radical (unpaired) electrons. The van der Waals surface area contributed by atoms with Crippen LogP contribution in [0.4, 0.5) is 5.82 Å². The van der Waals surface area contributed by atoms with E-state index in [4.69, 9.17) is 9.15 Å². The SMILES string of the molecule is Cc1ccc(-n2nc(C)cc2NC(=O)COc2ccc3ccc(=O)oc3c2)cc1. The monoisotopic (exact) mass is 389 g/mol. The summed E-state index contributed by atoms with van der Waals surface area (Å²) in [6.07, 6.45) is 0. The molecule has 0 fully saturated rings. The molecule has 0 spiro atoms. The summed E-state index contributed by atoms with van der Waals surface area (Å²) >= 11 is 0. The van der Waals surface area contributed by atoms with Crippen LogP contribution in [0.5, 0.6) is 5.75 Å². The van der Waals surface area contributed by atoms with Crippen molar-refractivity contribution in [2.24, 2.45) is 0 Å². The van der Waals surface area contributed by atoms with E-state index in [9.17, 15) is 9.59 Å². The lowest BCUT2D eigenvalue weighted by atomic mass is 10.2. The number of aryl methyl sites for hydroxylation is 2. The molecule has 7 nitrogen and oxygen atoms in total. The highest BCUT2D eigenvalue weighted by Crippen LogP contribution is 2.20. The average Bonchev–Trinajstić information content (AvgIpc) is 3.06. The Morgan fingerprint density at radius 3 is 2.62 bits per heavy atom. The van der Waals surface area contributed by atoms with Gasteiger partial charge in [0.25, 0.3) is 5.91 Å². The first kappa shape index (κ1) is 18.5. The van der Waals surface area contributed by atoms with Crippen LogP contribution in [-0.2, 0) is 4.79 Å². The number of carbonyl (C=O) groups excluding carboxylic acids is 1. The predicted molar refractivity (Wildman–Crippen MR) is 110 cm³/mol. The fourth-order valence-electron chi connectivity index (χ4n) is 2.93. The Balaban J connectivity index is 1.46. The molecule has 2 aromatic carbocycles. The first-order chi connectivity index (χ1) is 14.0. The Morgan fingerprint density at radius 2 is 1.83 bits per heavy atom. The summed E-state index contributed by atoms with van der Waals surface area (Å²) in [4.78, 5) is 23.8. The molecule has 0 aliphatic carbocycles. The Labute approximate surface area is 166 Å². The van der Waals surface area contributed by atoms with Crippen molar-refractivity contribution in [1.29, 1.82) is 0 Å². The Morgan fingerprint density at radius 1 is 1.07 bits per heavy atom. The number of anilines is 1. The van der Waals surface area contributed by atoms with Gasteiger partial charge in [-0.2, -0.15) is 5.10 Å².